The van der Waals surface area contributed by atoms with Gasteiger partial charge in [-0.15, -0.1) is 0 Å². The van der Waals surface area contributed by atoms with Gasteiger partial charge >= 0.3 is 0 Å². The Labute approximate surface area is 139 Å². The van der Waals surface area contributed by atoms with Gasteiger partial charge in [-0.25, -0.2) is 0 Å². The van der Waals surface area contributed by atoms with E-state index in [4.69, 9.17) is 11.5 Å². The smallest absolute Gasteiger partial charge is 0.254 e. The summed E-state index contributed by atoms with van der Waals surface area (Å²) >= 11 is 0. The van der Waals surface area contributed by atoms with E-state index in [1.165, 1.54) is 0 Å². The number of hydrogen-bond donors (Lipinski definition) is 3. The predicted octanol–water partition coefficient (Wildman–Crippen LogP) is 0.472. The van der Waals surface area contributed by atoms with Crippen LogP contribution in [0.1, 0.15) is 27.3 Å². The highest BCUT2D eigenvalue weighted by molar-refractivity contribution is 6.08. The van der Waals surface area contributed by atoms with E-state index in [0.29, 0.717) is 11.3 Å². The molecule has 2 aromatic rings. The lowest BCUT2D eigenvalue weighted by Gasteiger charge is -2.14. The molecule has 0 unspecified atom stereocenters. The number of para-hydroxylation sites is 1. The van der Waals surface area contributed by atoms with E-state index in [2.05, 4.69) is 5.32 Å². The zero-order chi connectivity index (χ0) is 18.0. The fourth-order valence-electron chi connectivity index (χ4n) is 2.67. The maximum Gasteiger partial charge on any atom is 0.254 e. The monoisotopic (exact) mass is 328 g/mol. The summed E-state index contributed by atoms with van der Waals surface area (Å²) in [4.78, 5) is 34.9. The van der Waals surface area contributed by atoms with Gasteiger partial charge < -0.3 is 21.4 Å². The molecular formula is C17H20N4O3. The first-order valence-corrected chi connectivity index (χ1v) is 7.38. The second-order valence-corrected chi connectivity index (χ2v) is 5.62. The third kappa shape index (κ3) is 3.15. The Balaban J connectivity index is 2.42. The van der Waals surface area contributed by atoms with Crippen LogP contribution in [-0.2, 0) is 9.59 Å². The van der Waals surface area contributed by atoms with Crippen LogP contribution in [0.25, 0.3) is 5.69 Å². The molecule has 0 bridgehead atoms. The zero-order valence-electron chi connectivity index (χ0n) is 13.8. The first-order valence-electron chi connectivity index (χ1n) is 7.38. The molecule has 126 valence electrons. The van der Waals surface area contributed by atoms with Crippen LogP contribution >= 0.6 is 0 Å². The Morgan fingerprint density at radius 3 is 2.17 bits per heavy atom. The summed E-state index contributed by atoms with van der Waals surface area (Å²) in [6, 6.07) is 7.92. The molecule has 1 heterocycles. The van der Waals surface area contributed by atoms with Gasteiger partial charge in [0.15, 0.2) is 6.04 Å². The molecule has 7 nitrogen and oxygen atoms in total. The number of carbonyl (C=O) groups excluding carboxylic acids is 3. The minimum absolute atomic E-state index is 0.350. The summed E-state index contributed by atoms with van der Waals surface area (Å²) in [7, 11) is 0. The van der Waals surface area contributed by atoms with Crippen molar-refractivity contribution in [3.8, 4) is 5.69 Å². The van der Waals surface area contributed by atoms with Crippen LogP contribution in [0.3, 0.4) is 0 Å². The number of amides is 3. The van der Waals surface area contributed by atoms with Gasteiger partial charge in [0.1, 0.15) is 0 Å². The van der Waals surface area contributed by atoms with E-state index in [9.17, 15) is 14.4 Å². The van der Waals surface area contributed by atoms with Crippen molar-refractivity contribution < 1.29 is 14.4 Å². The van der Waals surface area contributed by atoms with E-state index >= 15 is 0 Å². The molecule has 0 radical (unpaired) electrons. The number of benzene rings is 1. The minimum Gasteiger partial charge on any atom is -0.367 e. The molecule has 0 aliphatic carbocycles. The molecule has 0 aliphatic heterocycles. The molecule has 3 amide bonds. The van der Waals surface area contributed by atoms with E-state index in [1.54, 1.807) is 13.0 Å². The molecule has 0 saturated heterocycles. The number of carbonyl (C=O) groups is 3. The van der Waals surface area contributed by atoms with E-state index in [1.807, 2.05) is 42.7 Å². The fraction of sp³-hybridized carbons (Fsp3) is 0.235. The normalized spacial score (nSPS) is 10.7. The van der Waals surface area contributed by atoms with Gasteiger partial charge in [-0.1, -0.05) is 18.2 Å². The standard InChI is InChI=1S/C17H20N4O3/c1-9-6-4-5-7-13(9)21-10(2)8-12(11(21)3)17(24)20-14(15(18)22)16(19)23/h4-8,14H,1-3H3,(H2,18,22)(H2,19,23)(H,20,24). The number of hydrogen-bond acceptors (Lipinski definition) is 3. The molecule has 5 N–H and O–H groups in total. The van der Waals surface area contributed by atoms with Crippen LogP contribution in [0.4, 0.5) is 0 Å². The maximum absolute atomic E-state index is 12.4. The van der Waals surface area contributed by atoms with Gasteiger partial charge in [-0.3, -0.25) is 14.4 Å². The summed E-state index contributed by atoms with van der Waals surface area (Å²) < 4.78 is 1.94. The van der Waals surface area contributed by atoms with Crippen molar-refractivity contribution in [3.05, 3.63) is 52.8 Å². The lowest BCUT2D eigenvalue weighted by Crippen LogP contribution is -2.52. The van der Waals surface area contributed by atoms with Crippen molar-refractivity contribution >= 4 is 17.7 Å². The van der Waals surface area contributed by atoms with Gasteiger partial charge in [-0.05, 0) is 38.5 Å². The Kier molecular flexibility index (Phi) is 4.73. The van der Waals surface area contributed by atoms with Crippen LogP contribution in [0.2, 0.25) is 0 Å². The number of rotatable bonds is 5. The lowest BCUT2D eigenvalue weighted by molar-refractivity contribution is -0.128. The van der Waals surface area contributed by atoms with Crippen molar-refractivity contribution in [1.82, 2.24) is 9.88 Å². The minimum atomic E-state index is -1.54. The van der Waals surface area contributed by atoms with Gasteiger partial charge in [0, 0.05) is 17.1 Å². The summed E-state index contributed by atoms with van der Waals surface area (Å²) in [6.07, 6.45) is 0. The number of aromatic nitrogens is 1. The SMILES string of the molecule is Cc1ccccc1-n1c(C)cc(C(=O)NC(C(N)=O)C(N)=O)c1C. The van der Waals surface area contributed by atoms with Gasteiger partial charge in [0.25, 0.3) is 5.91 Å². The van der Waals surface area contributed by atoms with Crippen LogP contribution < -0.4 is 16.8 Å². The van der Waals surface area contributed by atoms with E-state index < -0.39 is 23.8 Å². The zero-order valence-corrected chi connectivity index (χ0v) is 13.8. The van der Waals surface area contributed by atoms with Gasteiger partial charge in [0.05, 0.1) is 5.56 Å². The molecule has 0 fully saturated rings. The van der Waals surface area contributed by atoms with E-state index in [0.717, 1.165) is 16.9 Å². The molecular weight excluding hydrogens is 308 g/mol. The summed E-state index contributed by atoms with van der Waals surface area (Å²) in [5.74, 6) is -2.57. The third-order valence-corrected chi connectivity index (χ3v) is 3.88. The number of primary amides is 2. The second-order valence-electron chi connectivity index (χ2n) is 5.62. The number of nitrogens with one attached hydrogen (secondary N) is 1. The lowest BCUT2D eigenvalue weighted by atomic mass is 10.2. The molecule has 0 spiro atoms. The van der Waals surface area contributed by atoms with Crippen LogP contribution in [0.15, 0.2) is 30.3 Å². The number of aryl methyl sites for hydroxylation is 2. The highest BCUT2D eigenvalue weighted by atomic mass is 16.2. The molecule has 0 saturated carbocycles. The largest absolute Gasteiger partial charge is 0.367 e. The summed E-state index contributed by atoms with van der Waals surface area (Å²) in [6.45, 7) is 5.64. The Bertz CT molecular complexity index is 809. The molecule has 0 atom stereocenters. The highest BCUT2D eigenvalue weighted by Gasteiger charge is 2.26. The van der Waals surface area contributed by atoms with Crippen molar-refractivity contribution in [1.29, 1.82) is 0 Å². The molecule has 2 rings (SSSR count). The first kappa shape index (κ1) is 17.3. The second kappa shape index (κ2) is 6.57. The van der Waals surface area contributed by atoms with Crippen molar-refractivity contribution in [2.24, 2.45) is 11.5 Å². The predicted molar refractivity (Wildman–Crippen MR) is 89.6 cm³/mol. The van der Waals surface area contributed by atoms with Crippen molar-refractivity contribution in [2.45, 2.75) is 26.8 Å². The first-order chi connectivity index (χ1) is 11.2. The van der Waals surface area contributed by atoms with Gasteiger partial charge in [0.2, 0.25) is 11.8 Å². The average Bonchev–Trinajstić information content (AvgIpc) is 2.80. The van der Waals surface area contributed by atoms with Gasteiger partial charge in [-0.2, -0.15) is 0 Å². The Morgan fingerprint density at radius 2 is 1.62 bits per heavy atom. The average molecular weight is 328 g/mol. The Hall–Kier alpha value is -3.09. The molecule has 24 heavy (non-hydrogen) atoms. The van der Waals surface area contributed by atoms with Crippen LogP contribution in [0, 0.1) is 20.8 Å². The molecule has 1 aromatic heterocycles. The van der Waals surface area contributed by atoms with Crippen LogP contribution in [-0.4, -0.2) is 28.3 Å². The van der Waals surface area contributed by atoms with E-state index in [-0.39, 0.29) is 0 Å². The fourth-order valence-corrected chi connectivity index (χ4v) is 2.67. The Morgan fingerprint density at radius 1 is 1.04 bits per heavy atom. The highest BCUT2D eigenvalue weighted by Crippen LogP contribution is 2.23. The molecule has 7 heteroatoms. The topological polar surface area (TPSA) is 120 Å². The molecule has 0 aliphatic rings. The quantitative estimate of drug-likeness (QED) is 0.692. The summed E-state index contributed by atoms with van der Waals surface area (Å²) in [5.41, 5.74) is 14.1. The van der Waals surface area contributed by atoms with Crippen LogP contribution in [0.5, 0.6) is 0 Å². The number of nitrogens with zero attached hydrogens (tertiary/aromatic N) is 1. The van der Waals surface area contributed by atoms with Crippen molar-refractivity contribution in [2.75, 3.05) is 0 Å². The molecule has 1 aromatic carbocycles. The third-order valence-electron chi connectivity index (χ3n) is 3.88. The number of nitrogens with two attached hydrogens (primary N) is 2. The summed E-state index contributed by atoms with van der Waals surface area (Å²) in [5, 5.41) is 2.28. The van der Waals surface area contributed by atoms with Crippen molar-refractivity contribution in [3.63, 3.8) is 0 Å². The maximum atomic E-state index is 12.4.